The predicted octanol–water partition coefficient (Wildman–Crippen LogP) is 3.43. The normalized spacial score (nSPS) is 10.0. The van der Waals surface area contributed by atoms with Crippen molar-refractivity contribution in [1.82, 2.24) is 0 Å². The van der Waals surface area contributed by atoms with Crippen molar-refractivity contribution in [3.8, 4) is 0 Å². The number of urea groups is 1. The molecule has 0 heterocycles. The van der Waals surface area contributed by atoms with Crippen LogP contribution in [-0.2, 0) is 0 Å². The molecule has 0 atom stereocenters. The molecule has 0 unspecified atom stereocenters. The lowest BCUT2D eigenvalue weighted by atomic mass is 10.2. The second-order valence-electron chi connectivity index (χ2n) is 4.16. The minimum atomic E-state index is -0.522. The summed E-state index contributed by atoms with van der Waals surface area (Å²) >= 11 is 7.47. The van der Waals surface area contributed by atoms with Crippen molar-refractivity contribution >= 4 is 52.1 Å². The van der Waals surface area contributed by atoms with Crippen LogP contribution in [-0.4, -0.2) is 11.9 Å². The summed E-state index contributed by atoms with van der Waals surface area (Å²) in [6, 6.07) is 13.0. The molecule has 7 heteroatoms. The molecule has 2 aromatic carbocycles. The molecule has 0 spiro atoms. The van der Waals surface area contributed by atoms with Gasteiger partial charge in [0, 0.05) is 15.7 Å². The van der Waals surface area contributed by atoms with Crippen molar-refractivity contribution in [2.75, 3.05) is 9.62 Å². The van der Waals surface area contributed by atoms with Crippen molar-refractivity contribution in [2.45, 2.75) is 0 Å². The molecule has 0 radical (unpaired) electrons. The average molecular weight is 366 g/mol. The summed E-state index contributed by atoms with van der Waals surface area (Å²) in [6.45, 7) is 0. The maximum absolute atomic E-state index is 12.1. The van der Waals surface area contributed by atoms with Gasteiger partial charge in [-0.1, -0.05) is 28.7 Å². The third kappa shape index (κ3) is 3.99. The molecule has 0 fully saturated rings. The van der Waals surface area contributed by atoms with E-state index < -0.39 is 11.9 Å². The van der Waals surface area contributed by atoms with Gasteiger partial charge in [-0.25, -0.2) is 9.10 Å². The number of primary amides is 1. The number of rotatable bonds is 3. The van der Waals surface area contributed by atoms with E-state index in [1.807, 2.05) is 12.1 Å². The van der Waals surface area contributed by atoms with Crippen LogP contribution >= 0.6 is 28.7 Å². The number of hydrogen-bond acceptors (Lipinski definition) is 3. The van der Waals surface area contributed by atoms with Crippen LogP contribution in [0.1, 0.15) is 10.4 Å². The van der Waals surface area contributed by atoms with Crippen molar-refractivity contribution < 1.29 is 9.59 Å². The number of nitrogens with two attached hydrogens (primary N) is 1. The summed E-state index contributed by atoms with van der Waals surface area (Å²) in [7, 11) is 0. The molecule has 5 nitrogen and oxygen atoms in total. The van der Waals surface area contributed by atoms with E-state index in [4.69, 9.17) is 5.73 Å². The van der Waals surface area contributed by atoms with Crippen LogP contribution in [0.25, 0.3) is 0 Å². The maximum Gasteiger partial charge on any atom is 0.336 e. The Bertz CT molecular complexity index is 659. The molecule has 2 rings (SSSR count). The van der Waals surface area contributed by atoms with Crippen LogP contribution in [0.4, 0.5) is 16.2 Å². The van der Waals surface area contributed by atoms with Gasteiger partial charge >= 0.3 is 6.03 Å². The number of carbonyl (C=O) groups is 2. The Labute approximate surface area is 135 Å². The fourth-order valence-electron chi connectivity index (χ4n) is 1.59. The molecule has 2 aromatic rings. The number of nitrogens with zero attached hydrogens (tertiary/aromatic N) is 1. The smallest absolute Gasteiger partial charge is 0.336 e. The summed E-state index contributed by atoms with van der Waals surface area (Å²) in [5, 5.41) is 2.70. The van der Waals surface area contributed by atoms with Crippen molar-refractivity contribution in [3.05, 3.63) is 58.6 Å². The molecule has 108 valence electrons. The Hall–Kier alpha value is -1.99. The van der Waals surface area contributed by atoms with Gasteiger partial charge in [0.15, 0.2) is 0 Å². The molecule has 0 saturated carbocycles. The number of hydrogen-bond donors (Lipinski definition) is 3. The zero-order chi connectivity index (χ0) is 15.4. The first-order valence-electron chi connectivity index (χ1n) is 5.93. The first-order chi connectivity index (χ1) is 9.97. The molecule has 0 aliphatic rings. The number of benzene rings is 2. The van der Waals surface area contributed by atoms with E-state index in [0.29, 0.717) is 16.9 Å². The quantitative estimate of drug-likeness (QED) is 0.728. The van der Waals surface area contributed by atoms with Gasteiger partial charge in [0.05, 0.1) is 5.69 Å². The Kier molecular flexibility index (Phi) is 4.87. The van der Waals surface area contributed by atoms with E-state index in [0.717, 1.165) is 8.78 Å². The molecular weight excluding hydrogens is 354 g/mol. The van der Waals surface area contributed by atoms with Crippen molar-refractivity contribution in [2.24, 2.45) is 5.73 Å². The number of nitrogens with one attached hydrogen (secondary N) is 1. The highest BCUT2D eigenvalue weighted by molar-refractivity contribution is 9.10. The summed E-state index contributed by atoms with van der Waals surface area (Å²) in [6.07, 6.45) is 0. The predicted molar refractivity (Wildman–Crippen MR) is 89.6 cm³/mol. The van der Waals surface area contributed by atoms with Gasteiger partial charge in [0.1, 0.15) is 0 Å². The summed E-state index contributed by atoms with van der Waals surface area (Å²) in [5.41, 5.74) is 6.70. The monoisotopic (exact) mass is 365 g/mol. The van der Waals surface area contributed by atoms with E-state index in [-0.39, 0.29) is 0 Å². The average Bonchev–Trinajstić information content (AvgIpc) is 2.49. The molecule has 21 heavy (non-hydrogen) atoms. The van der Waals surface area contributed by atoms with Crippen LogP contribution in [0.15, 0.2) is 53.0 Å². The summed E-state index contributed by atoms with van der Waals surface area (Å²) in [4.78, 5) is 23.0. The third-order valence-corrected chi connectivity index (χ3v) is 3.63. The zero-order valence-electron chi connectivity index (χ0n) is 10.8. The number of carbonyl (C=O) groups excluding carboxylic acids is 2. The first kappa shape index (κ1) is 15.4. The van der Waals surface area contributed by atoms with Gasteiger partial charge in [-0.05, 0) is 48.5 Å². The molecule has 0 saturated heterocycles. The van der Waals surface area contributed by atoms with E-state index in [1.165, 1.54) is 12.1 Å². The van der Waals surface area contributed by atoms with E-state index in [2.05, 4.69) is 34.1 Å². The molecule has 0 aliphatic heterocycles. The fourth-order valence-corrected chi connectivity index (χ4v) is 2.04. The second-order valence-corrected chi connectivity index (χ2v) is 5.48. The Balaban J connectivity index is 2.08. The standard InChI is InChI=1S/C14H12BrN3O2S/c15-10-3-5-11(6-4-10)17-14(20)18(21)12-7-1-9(2-8-12)13(16)19/h1-8,21H,(H2,16,19)(H,17,20). The topological polar surface area (TPSA) is 75.4 Å². The van der Waals surface area contributed by atoms with Crippen LogP contribution in [0.3, 0.4) is 0 Å². The fraction of sp³-hybridized carbons (Fsp3) is 0. The van der Waals surface area contributed by atoms with E-state index in [9.17, 15) is 9.59 Å². The Morgan fingerprint density at radius 2 is 1.62 bits per heavy atom. The number of anilines is 2. The van der Waals surface area contributed by atoms with Gasteiger partial charge in [-0.3, -0.25) is 4.79 Å². The van der Waals surface area contributed by atoms with Crippen LogP contribution in [0, 0.1) is 0 Å². The molecule has 0 bridgehead atoms. The summed E-state index contributed by atoms with van der Waals surface area (Å²) in [5.74, 6) is -0.522. The minimum absolute atomic E-state index is 0.369. The highest BCUT2D eigenvalue weighted by Crippen LogP contribution is 2.20. The maximum atomic E-state index is 12.1. The lowest BCUT2D eigenvalue weighted by molar-refractivity contribution is 0.100. The van der Waals surface area contributed by atoms with Gasteiger partial charge in [0.25, 0.3) is 0 Å². The first-order valence-corrected chi connectivity index (χ1v) is 7.12. The van der Waals surface area contributed by atoms with Gasteiger partial charge in [-0.15, -0.1) is 0 Å². The van der Waals surface area contributed by atoms with Gasteiger partial charge < -0.3 is 11.1 Å². The largest absolute Gasteiger partial charge is 0.366 e. The summed E-state index contributed by atoms with van der Waals surface area (Å²) < 4.78 is 2.07. The highest BCUT2D eigenvalue weighted by atomic mass is 79.9. The second kappa shape index (κ2) is 6.64. The lowest BCUT2D eigenvalue weighted by Gasteiger charge is -2.16. The van der Waals surface area contributed by atoms with E-state index >= 15 is 0 Å². The van der Waals surface area contributed by atoms with Gasteiger partial charge in [0.2, 0.25) is 5.91 Å². The highest BCUT2D eigenvalue weighted by Gasteiger charge is 2.12. The molecule has 3 N–H and O–H groups in total. The van der Waals surface area contributed by atoms with E-state index in [1.54, 1.807) is 24.3 Å². The number of thiol groups is 1. The zero-order valence-corrected chi connectivity index (χ0v) is 13.3. The van der Waals surface area contributed by atoms with Crippen LogP contribution < -0.4 is 15.4 Å². The van der Waals surface area contributed by atoms with Gasteiger partial charge in [-0.2, -0.15) is 0 Å². The number of amides is 3. The number of halogens is 1. The molecule has 3 amide bonds. The Morgan fingerprint density at radius 1 is 1.05 bits per heavy atom. The van der Waals surface area contributed by atoms with Crippen molar-refractivity contribution in [3.63, 3.8) is 0 Å². The molecule has 0 aliphatic carbocycles. The SMILES string of the molecule is NC(=O)c1ccc(N(S)C(=O)Nc2ccc(Br)cc2)cc1. The molecular formula is C14H12BrN3O2S. The van der Waals surface area contributed by atoms with Crippen LogP contribution in [0.5, 0.6) is 0 Å². The minimum Gasteiger partial charge on any atom is -0.366 e. The molecule has 0 aromatic heterocycles. The van der Waals surface area contributed by atoms with Crippen LogP contribution in [0.2, 0.25) is 0 Å². The lowest BCUT2D eigenvalue weighted by Crippen LogP contribution is -2.26. The van der Waals surface area contributed by atoms with Crippen molar-refractivity contribution in [1.29, 1.82) is 0 Å². The Morgan fingerprint density at radius 3 is 2.14 bits per heavy atom. The third-order valence-electron chi connectivity index (χ3n) is 2.68.